The molecule has 2 aromatic rings. The number of alkyl halides is 1. The number of aromatic nitrogens is 2. The van der Waals surface area contributed by atoms with Gasteiger partial charge in [0.2, 0.25) is 0 Å². The molecule has 0 saturated carbocycles. The zero-order chi connectivity index (χ0) is 13.8. The van der Waals surface area contributed by atoms with E-state index in [-0.39, 0.29) is 22.4 Å². The second-order valence-electron chi connectivity index (χ2n) is 4.59. The number of aromatic amines is 1. The van der Waals surface area contributed by atoms with Crippen LogP contribution < -0.4 is 5.56 Å². The number of halogens is 1. The minimum atomic E-state index is -3.04. The van der Waals surface area contributed by atoms with Gasteiger partial charge in [-0.05, 0) is 18.9 Å². The average Bonchev–Trinajstić information content (AvgIpc) is 2.64. The van der Waals surface area contributed by atoms with Crippen LogP contribution in [0.3, 0.4) is 0 Å². The van der Waals surface area contributed by atoms with Crippen LogP contribution in [0.4, 0.5) is 0 Å². The third-order valence-corrected chi connectivity index (χ3v) is 6.22. The number of thiophene rings is 1. The van der Waals surface area contributed by atoms with Gasteiger partial charge in [-0.2, -0.15) is 0 Å². The summed E-state index contributed by atoms with van der Waals surface area (Å²) in [4.78, 5) is 20.4. The van der Waals surface area contributed by atoms with Gasteiger partial charge in [0.1, 0.15) is 10.7 Å². The molecule has 3 heterocycles. The number of nitrogens with zero attached hydrogens (tertiary/aromatic N) is 1. The molecule has 0 unspecified atom stereocenters. The fourth-order valence-corrected chi connectivity index (χ4v) is 5.36. The van der Waals surface area contributed by atoms with Crippen LogP contribution in [0.5, 0.6) is 0 Å². The van der Waals surface area contributed by atoms with Gasteiger partial charge in [-0.15, -0.1) is 22.9 Å². The van der Waals surface area contributed by atoms with Crippen LogP contribution in [-0.2, 0) is 22.0 Å². The molecule has 8 heteroatoms. The second-order valence-corrected chi connectivity index (χ2v) is 8.52. The second kappa shape index (κ2) is 4.29. The van der Waals surface area contributed by atoms with E-state index < -0.39 is 9.84 Å². The van der Waals surface area contributed by atoms with Gasteiger partial charge in [0.05, 0.1) is 22.3 Å². The summed E-state index contributed by atoms with van der Waals surface area (Å²) in [5, 5.41) is 0.135. The van der Waals surface area contributed by atoms with E-state index in [4.69, 9.17) is 11.6 Å². The van der Waals surface area contributed by atoms with Crippen LogP contribution in [-0.4, -0.2) is 24.1 Å². The summed E-state index contributed by atoms with van der Waals surface area (Å²) in [6.45, 7) is 1.73. The minimum Gasteiger partial charge on any atom is -0.309 e. The summed E-state index contributed by atoms with van der Waals surface area (Å²) in [5.41, 5.74) is 0.599. The Bertz CT molecular complexity index is 820. The Hall–Kier alpha value is -0.920. The lowest BCUT2D eigenvalue weighted by molar-refractivity contribution is 0.592. The highest BCUT2D eigenvalue weighted by Gasteiger charge is 2.27. The molecule has 1 N–H and O–H groups in total. The third-order valence-electron chi connectivity index (χ3n) is 3.15. The van der Waals surface area contributed by atoms with Crippen LogP contribution in [0.15, 0.2) is 4.79 Å². The third kappa shape index (κ3) is 2.19. The highest BCUT2D eigenvalue weighted by atomic mass is 35.5. The van der Waals surface area contributed by atoms with Gasteiger partial charge < -0.3 is 4.98 Å². The van der Waals surface area contributed by atoms with E-state index in [0.717, 1.165) is 10.4 Å². The lowest BCUT2D eigenvalue weighted by Gasteiger charge is -2.11. The standard InChI is InChI=1S/C11H11ClN2O3S2/c1-5(12)9-13-10(15)8-6-2-3-19(16,17)4-7(6)18-11(8)14-9/h5H,2-4H2,1H3,(H,13,14,15)/t5-/m1/s1. The Morgan fingerprint density at radius 3 is 2.89 bits per heavy atom. The molecule has 19 heavy (non-hydrogen) atoms. The van der Waals surface area contributed by atoms with Crippen molar-refractivity contribution in [1.82, 2.24) is 9.97 Å². The van der Waals surface area contributed by atoms with Crippen LogP contribution in [0.1, 0.15) is 28.6 Å². The summed E-state index contributed by atoms with van der Waals surface area (Å²) in [6.07, 6.45) is 0.387. The molecule has 5 nitrogen and oxygen atoms in total. The van der Waals surface area contributed by atoms with Crippen molar-refractivity contribution in [2.75, 3.05) is 5.75 Å². The van der Waals surface area contributed by atoms with Crippen molar-refractivity contribution in [2.24, 2.45) is 0 Å². The summed E-state index contributed by atoms with van der Waals surface area (Å²) >= 11 is 7.20. The molecule has 0 amide bonds. The maximum atomic E-state index is 12.1. The predicted molar refractivity (Wildman–Crippen MR) is 75.7 cm³/mol. The molecule has 0 aliphatic carbocycles. The van der Waals surface area contributed by atoms with E-state index in [2.05, 4.69) is 9.97 Å². The van der Waals surface area contributed by atoms with Crippen LogP contribution in [0, 0.1) is 0 Å². The largest absolute Gasteiger partial charge is 0.309 e. The first-order valence-corrected chi connectivity index (χ1v) is 8.84. The van der Waals surface area contributed by atoms with Gasteiger partial charge in [-0.3, -0.25) is 4.79 Å². The predicted octanol–water partition coefficient (Wildman–Crippen LogP) is 1.76. The van der Waals surface area contributed by atoms with Gasteiger partial charge in [0.25, 0.3) is 5.56 Å². The van der Waals surface area contributed by atoms with E-state index >= 15 is 0 Å². The topological polar surface area (TPSA) is 79.9 Å². The maximum absolute atomic E-state index is 12.1. The van der Waals surface area contributed by atoms with Crippen LogP contribution in [0.25, 0.3) is 10.2 Å². The van der Waals surface area contributed by atoms with Crippen molar-refractivity contribution in [1.29, 1.82) is 0 Å². The molecule has 0 fully saturated rings. The Balaban J connectivity index is 2.29. The first-order chi connectivity index (χ1) is 8.87. The summed E-state index contributed by atoms with van der Waals surface area (Å²) in [6, 6.07) is 0. The molecule has 2 aromatic heterocycles. The molecule has 0 bridgehead atoms. The number of aryl methyl sites for hydroxylation is 1. The maximum Gasteiger partial charge on any atom is 0.259 e. The van der Waals surface area contributed by atoms with Crippen molar-refractivity contribution >= 4 is 43.0 Å². The average molecular weight is 319 g/mol. The lowest BCUT2D eigenvalue weighted by atomic mass is 10.1. The molecular formula is C11H11ClN2O3S2. The highest BCUT2D eigenvalue weighted by Crippen LogP contribution is 2.33. The zero-order valence-electron chi connectivity index (χ0n) is 10.1. The van der Waals surface area contributed by atoms with E-state index in [1.807, 2.05) is 0 Å². The molecule has 0 radical (unpaired) electrons. The summed E-state index contributed by atoms with van der Waals surface area (Å²) < 4.78 is 23.3. The number of fused-ring (bicyclic) bond motifs is 3. The number of sulfone groups is 1. The molecule has 1 aliphatic heterocycles. The van der Waals surface area contributed by atoms with Crippen LogP contribution >= 0.6 is 22.9 Å². The van der Waals surface area contributed by atoms with Gasteiger partial charge in [0, 0.05) is 4.88 Å². The molecule has 0 aromatic carbocycles. The molecule has 3 rings (SSSR count). The molecule has 1 atom stereocenters. The van der Waals surface area contributed by atoms with Crippen LogP contribution in [0.2, 0.25) is 0 Å². The monoisotopic (exact) mass is 318 g/mol. The number of rotatable bonds is 1. The molecule has 0 spiro atoms. The van der Waals surface area contributed by atoms with Crippen molar-refractivity contribution in [3.05, 3.63) is 26.6 Å². The molecule has 1 aliphatic rings. The Labute approximate surface area is 118 Å². The van der Waals surface area contributed by atoms with E-state index in [0.29, 0.717) is 22.5 Å². The smallest absolute Gasteiger partial charge is 0.259 e. The fraction of sp³-hybridized carbons (Fsp3) is 0.455. The normalized spacial score (nSPS) is 19.3. The zero-order valence-corrected chi connectivity index (χ0v) is 12.5. The number of nitrogens with one attached hydrogen (secondary N) is 1. The van der Waals surface area contributed by atoms with E-state index in [1.165, 1.54) is 11.3 Å². The molecule has 0 saturated heterocycles. The summed E-state index contributed by atoms with van der Waals surface area (Å²) in [7, 11) is -3.04. The van der Waals surface area contributed by atoms with Crippen molar-refractivity contribution in [3.63, 3.8) is 0 Å². The first kappa shape index (κ1) is 13.1. The number of hydrogen-bond donors (Lipinski definition) is 1. The molecular weight excluding hydrogens is 308 g/mol. The highest BCUT2D eigenvalue weighted by molar-refractivity contribution is 7.90. The minimum absolute atomic E-state index is 0.00849. The van der Waals surface area contributed by atoms with Crippen molar-refractivity contribution in [2.45, 2.75) is 24.5 Å². The van der Waals surface area contributed by atoms with Crippen molar-refractivity contribution < 1.29 is 8.42 Å². The fourth-order valence-electron chi connectivity index (χ4n) is 2.23. The molecule has 102 valence electrons. The lowest BCUT2D eigenvalue weighted by Crippen LogP contribution is -2.19. The van der Waals surface area contributed by atoms with Crippen molar-refractivity contribution in [3.8, 4) is 0 Å². The Morgan fingerprint density at radius 1 is 1.47 bits per heavy atom. The van der Waals surface area contributed by atoms with Gasteiger partial charge in [-0.1, -0.05) is 0 Å². The Morgan fingerprint density at radius 2 is 2.21 bits per heavy atom. The number of H-pyrrole nitrogens is 1. The SMILES string of the molecule is C[C@@H](Cl)c1nc2sc3c(c2c(=O)[nH]1)CCS(=O)(=O)C3. The summed E-state index contributed by atoms with van der Waals surface area (Å²) in [5.74, 6) is 0.522. The first-order valence-electron chi connectivity index (χ1n) is 5.76. The van der Waals surface area contributed by atoms with E-state index in [9.17, 15) is 13.2 Å². The quantitative estimate of drug-likeness (QED) is 0.812. The van der Waals surface area contributed by atoms with E-state index in [1.54, 1.807) is 6.92 Å². The Kier molecular flexibility index (Phi) is 2.95. The van der Waals surface area contributed by atoms with Gasteiger partial charge in [-0.25, -0.2) is 13.4 Å². The van der Waals surface area contributed by atoms with Gasteiger partial charge >= 0.3 is 0 Å². The van der Waals surface area contributed by atoms with Gasteiger partial charge in [0.15, 0.2) is 9.84 Å². The number of hydrogen-bond acceptors (Lipinski definition) is 5.